The maximum atomic E-state index is 5.78. The van der Waals surface area contributed by atoms with Gasteiger partial charge in [-0.15, -0.1) is 16.7 Å². The summed E-state index contributed by atoms with van der Waals surface area (Å²) in [7, 11) is 0. The van der Waals surface area contributed by atoms with E-state index in [-0.39, 0.29) is 0 Å². The highest BCUT2D eigenvalue weighted by atomic mass is 35.5. The maximum Gasteiger partial charge on any atom is 0.142 e. The number of nitrogens with zero attached hydrogens (tertiary/aromatic N) is 3. The van der Waals surface area contributed by atoms with Crippen molar-refractivity contribution in [1.29, 1.82) is 0 Å². The van der Waals surface area contributed by atoms with Crippen molar-refractivity contribution >= 4 is 11.6 Å². The summed E-state index contributed by atoms with van der Waals surface area (Å²) in [5, 5.41) is 7.76. The number of aromatic nitrogens is 3. The Bertz CT molecular complexity index is 456. The van der Waals surface area contributed by atoms with Crippen LogP contribution in [0.5, 0.6) is 0 Å². The summed E-state index contributed by atoms with van der Waals surface area (Å²) in [6.07, 6.45) is 0. The van der Waals surface area contributed by atoms with E-state index in [1.54, 1.807) is 0 Å². The number of hydrogen-bond donors (Lipinski definition) is 0. The summed E-state index contributed by atoms with van der Waals surface area (Å²) in [5.41, 5.74) is 2.66. The highest BCUT2D eigenvalue weighted by molar-refractivity contribution is 6.16. The predicted octanol–water partition coefficient (Wildman–Crippen LogP) is 1.95. The van der Waals surface area contributed by atoms with Gasteiger partial charge in [0.05, 0.1) is 11.6 Å². The van der Waals surface area contributed by atoms with Crippen molar-refractivity contribution in [2.45, 2.75) is 19.4 Å². The lowest BCUT2D eigenvalue weighted by molar-refractivity contribution is 0.0614. The standard InChI is InChI=1S/C11H12ClN3O/c1-9-11(7-12)15(14-13-9)16-8-10-5-3-2-4-6-10/h2-6H,7-8H2,1H3. The first-order chi connectivity index (χ1) is 7.81. The van der Waals surface area contributed by atoms with Gasteiger partial charge in [-0.3, -0.25) is 0 Å². The fourth-order valence-corrected chi connectivity index (χ4v) is 1.61. The molecule has 0 fully saturated rings. The van der Waals surface area contributed by atoms with Crippen molar-refractivity contribution in [3.8, 4) is 0 Å². The first-order valence-corrected chi connectivity index (χ1v) is 5.49. The minimum Gasteiger partial charge on any atom is -0.390 e. The minimum absolute atomic E-state index is 0.341. The highest BCUT2D eigenvalue weighted by Gasteiger charge is 2.08. The third-order valence-corrected chi connectivity index (χ3v) is 2.50. The molecule has 2 aromatic rings. The molecule has 84 valence electrons. The molecule has 1 aromatic heterocycles. The van der Waals surface area contributed by atoms with Gasteiger partial charge in [0.25, 0.3) is 0 Å². The summed E-state index contributed by atoms with van der Waals surface area (Å²) in [6.45, 7) is 2.31. The third-order valence-electron chi connectivity index (χ3n) is 2.25. The Labute approximate surface area is 98.7 Å². The second-order valence-corrected chi connectivity index (χ2v) is 3.65. The first-order valence-electron chi connectivity index (χ1n) is 4.95. The lowest BCUT2D eigenvalue weighted by atomic mass is 10.2. The van der Waals surface area contributed by atoms with Crippen LogP contribution in [0.15, 0.2) is 30.3 Å². The Morgan fingerprint density at radius 2 is 2.06 bits per heavy atom. The Morgan fingerprint density at radius 3 is 2.75 bits per heavy atom. The predicted molar refractivity (Wildman–Crippen MR) is 61.0 cm³/mol. The number of aryl methyl sites for hydroxylation is 1. The SMILES string of the molecule is Cc1nnn(OCc2ccccc2)c1CCl. The summed E-state index contributed by atoms with van der Waals surface area (Å²) >= 11 is 5.78. The largest absolute Gasteiger partial charge is 0.390 e. The van der Waals surface area contributed by atoms with Gasteiger partial charge in [0.2, 0.25) is 0 Å². The van der Waals surface area contributed by atoms with Gasteiger partial charge in [-0.1, -0.05) is 35.2 Å². The van der Waals surface area contributed by atoms with E-state index in [0.717, 1.165) is 17.0 Å². The Morgan fingerprint density at radius 1 is 1.31 bits per heavy atom. The molecule has 0 aliphatic rings. The fraction of sp³-hybridized carbons (Fsp3) is 0.273. The first kappa shape index (κ1) is 11.0. The van der Waals surface area contributed by atoms with E-state index in [1.807, 2.05) is 37.3 Å². The zero-order chi connectivity index (χ0) is 11.4. The number of alkyl halides is 1. The molecular formula is C11H12ClN3O. The van der Waals surface area contributed by atoms with Crippen molar-refractivity contribution in [2.24, 2.45) is 0 Å². The van der Waals surface area contributed by atoms with Crippen LogP contribution < -0.4 is 4.84 Å². The van der Waals surface area contributed by atoms with Crippen LogP contribution in [0, 0.1) is 6.92 Å². The van der Waals surface area contributed by atoms with E-state index >= 15 is 0 Å². The number of benzene rings is 1. The average molecular weight is 238 g/mol. The molecule has 2 rings (SSSR count). The van der Waals surface area contributed by atoms with Crippen molar-refractivity contribution < 1.29 is 4.84 Å². The van der Waals surface area contributed by atoms with E-state index in [1.165, 1.54) is 4.85 Å². The number of hydrogen-bond acceptors (Lipinski definition) is 3. The second kappa shape index (κ2) is 4.99. The van der Waals surface area contributed by atoms with Crippen molar-refractivity contribution in [3.05, 3.63) is 47.3 Å². The molecule has 0 saturated carbocycles. The average Bonchev–Trinajstić information content (AvgIpc) is 2.68. The van der Waals surface area contributed by atoms with Gasteiger partial charge in [0.15, 0.2) is 0 Å². The second-order valence-electron chi connectivity index (χ2n) is 3.39. The van der Waals surface area contributed by atoms with Gasteiger partial charge in [-0.2, -0.15) is 0 Å². The molecule has 1 aromatic carbocycles. The Kier molecular flexibility index (Phi) is 3.41. The molecule has 0 N–H and O–H groups in total. The minimum atomic E-state index is 0.341. The lowest BCUT2D eigenvalue weighted by Gasteiger charge is -2.06. The fourth-order valence-electron chi connectivity index (χ4n) is 1.32. The van der Waals surface area contributed by atoms with Gasteiger partial charge in [-0.25, -0.2) is 0 Å². The Balaban J connectivity index is 2.05. The van der Waals surface area contributed by atoms with Crippen LogP contribution in [-0.4, -0.2) is 15.2 Å². The summed E-state index contributed by atoms with van der Waals surface area (Å²) in [6, 6.07) is 9.88. The highest BCUT2D eigenvalue weighted by Crippen LogP contribution is 2.07. The van der Waals surface area contributed by atoms with Gasteiger partial charge in [0, 0.05) is 0 Å². The van der Waals surface area contributed by atoms with Crippen LogP contribution in [0.1, 0.15) is 17.0 Å². The maximum absolute atomic E-state index is 5.78. The molecular weight excluding hydrogens is 226 g/mol. The summed E-state index contributed by atoms with van der Waals surface area (Å²) in [5.74, 6) is 0.341. The lowest BCUT2D eigenvalue weighted by Crippen LogP contribution is -2.15. The smallest absolute Gasteiger partial charge is 0.142 e. The molecule has 0 aliphatic carbocycles. The van der Waals surface area contributed by atoms with E-state index in [9.17, 15) is 0 Å². The van der Waals surface area contributed by atoms with Crippen molar-refractivity contribution in [3.63, 3.8) is 0 Å². The van der Waals surface area contributed by atoms with Crippen molar-refractivity contribution in [2.75, 3.05) is 0 Å². The molecule has 16 heavy (non-hydrogen) atoms. The van der Waals surface area contributed by atoms with Gasteiger partial charge < -0.3 is 4.84 Å². The van der Waals surface area contributed by atoms with E-state index in [4.69, 9.17) is 16.4 Å². The van der Waals surface area contributed by atoms with Crippen LogP contribution in [0.2, 0.25) is 0 Å². The zero-order valence-corrected chi connectivity index (χ0v) is 9.68. The molecule has 0 atom stereocenters. The molecule has 0 spiro atoms. The molecule has 1 heterocycles. The quantitative estimate of drug-likeness (QED) is 0.764. The molecule has 0 saturated heterocycles. The van der Waals surface area contributed by atoms with Crippen molar-refractivity contribution in [1.82, 2.24) is 15.2 Å². The van der Waals surface area contributed by atoms with Crippen LogP contribution in [0.3, 0.4) is 0 Å². The molecule has 0 amide bonds. The van der Waals surface area contributed by atoms with E-state index < -0.39 is 0 Å². The summed E-state index contributed by atoms with van der Waals surface area (Å²) in [4.78, 5) is 6.88. The topological polar surface area (TPSA) is 39.9 Å². The molecule has 0 radical (unpaired) electrons. The normalized spacial score (nSPS) is 10.4. The van der Waals surface area contributed by atoms with Crippen LogP contribution in [0.25, 0.3) is 0 Å². The van der Waals surface area contributed by atoms with Crippen LogP contribution >= 0.6 is 11.6 Å². The van der Waals surface area contributed by atoms with Crippen LogP contribution in [0.4, 0.5) is 0 Å². The molecule has 0 bridgehead atoms. The number of halogens is 1. The van der Waals surface area contributed by atoms with E-state index in [0.29, 0.717) is 12.5 Å². The molecule has 0 unspecified atom stereocenters. The zero-order valence-electron chi connectivity index (χ0n) is 8.93. The van der Waals surface area contributed by atoms with Gasteiger partial charge in [-0.05, 0) is 17.7 Å². The number of rotatable bonds is 4. The van der Waals surface area contributed by atoms with E-state index in [2.05, 4.69) is 10.3 Å². The molecule has 5 heteroatoms. The van der Waals surface area contributed by atoms with Gasteiger partial charge in [0.1, 0.15) is 12.3 Å². The molecule has 0 aliphatic heterocycles. The van der Waals surface area contributed by atoms with Gasteiger partial charge >= 0.3 is 0 Å². The van der Waals surface area contributed by atoms with Crippen LogP contribution in [-0.2, 0) is 12.5 Å². The molecule has 4 nitrogen and oxygen atoms in total. The Hall–Kier alpha value is -1.55. The summed E-state index contributed by atoms with van der Waals surface area (Å²) < 4.78 is 0. The third kappa shape index (κ3) is 2.33. The monoisotopic (exact) mass is 237 g/mol.